The lowest BCUT2D eigenvalue weighted by Gasteiger charge is -2.21. The van der Waals surface area contributed by atoms with E-state index in [1.807, 2.05) is 0 Å². The molecule has 0 rings (SSSR count). The normalized spacial score (nSPS) is 13.8. The molecule has 0 amide bonds. The molecule has 0 aromatic rings. The van der Waals surface area contributed by atoms with Crippen LogP contribution in [0, 0.1) is 17.8 Å². The lowest BCUT2D eigenvalue weighted by Crippen LogP contribution is -2.30. The topological polar surface area (TPSA) is 237 Å². The van der Waals surface area contributed by atoms with Crippen LogP contribution in [0.1, 0.15) is 466 Å². The van der Waals surface area contributed by atoms with Crippen molar-refractivity contribution in [2.45, 2.75) is 484 Å². The largest absolute Gasteiger partial charge is 0.472 e. The molecular weight excluding hydrogens is 1390 g/mol. The van der Waals surface area contributed by atoms with E-state index in [-0.39, 0.29) is 25.7 Å². The Morgan fingerprint density at radius 1 is 0.252 bits per heavy atom. The van der Waals surface area contributed by atoms with Crippen molar-refractivity contribution < 1.29 is 80.2 Å². The fraction of sp³-hybridized carbons (Fsp3) is 0.955. The number of unbranched alkanes of at least 4 members (excludes halogenated alkanes) is 54. The average Bonchev–Trinajstić information content (AvgIpc) is 0.908. The Balaban J connectivity index is 5.26. The van der Waals surface area contributed by atoms with Crippen molar-refractivity contribution in [1.82, 2.24) is 0 Å². The van der Waals surface area contributed by atoms with Gasteiger partial charge in [0.25, 0.3) is 0 Å². The zero-order chi connectivity index (χ0) is 78.6. The summed E-state index contributed by atoms with van der Waals surface area (Å²) in [5, 5.41) is 10.7. The summed E-state index contributed by atoms with van der Waals surface area (Å²) in [7, 11) is -9.93. The number of carbonyl (C=O) groups excluding carboxylic acids is 4. The molecule has 17 nitrogen and oxygen atoms in total. The second-order valence-corrected chi connectivity index (χ2v) is 36.0. The Morgan fingerprint density at radius 3 is 0.636 bits per heavy atom. The summed E-state index contributed by atoms with van der Waals surface area (Å²) >= 11 is 0. The van der Waals surface area contributed by atoms with Crippen LogP contribution >= 0.6 is 15.6 Å². The van der Waals surface area contributed by atoms with E-state index < -0.39 is 97.5 Å². The van der Waals surface area contributed by atoms with Crippen molar-refractivity contribution in [3.8, 4) is 0 Å². The highest BCUT2D eigenvalue weighted by Gasteiger charge is 2.31. The van der Waals surface area contributed by atoms with Crippen LogP contribution in [-0.2, 0) is 65.4 Å². The third-order valence-corrected chi connectivity index (χ3v) is 22.5. The predicted molar refractivity (Wildman–Crippen MR) is 441 cm³/mol. The van der Waals surface area contributed by atoms with Gasteiger partial charge in [-0.1, -0.05) is 414 Å². The van der Waals surface area contributed by atoms with Crippen LogP contribution in [0.2, 0.25) is 0 Å². The first kappa shape index (κ1) is 105. The molecule has 2 unspecified atom stereocenters. The van der Waals surface area contributed by atoms with Crippen molar-refractivity contribution in [3.63, 3.8) is 0 Å². The summed E-state index contributed by atoms with van der Waals surface area (Å²) in [4.78, 5) is 73.3. The van der Waals surface area contributed by atoms with Crippen LogP contribution in [0.15, 0.2) is 0 Å². The molecule has 0 heterocycles. The van der Waals surface area contributed by atoms with E-state index in [1.54, 1.807) is 0 Å². The molecule has 0 saturated heterocycles. The van der Waals surface area contributed by atoms with Gasteiger partial charge in [0.15, 0.2) is 12.2 Å². The van der Waals surface area contributed by atoms with Gasteiger partial charge in [0.05, 0.1) is 26.4 Å². The van der Waals surface area contributed by atoms with Crippen molar-refractivity contribution in [2.24, 2.45) is 17.8 Å². The quantitative estimate of drug-likeness (QED) is 0.0222. The van der Waals surface area contributed by atoms with Crippen LogP contribution in [0.3, 0.4) is 0 Å². The molecule has 5 atom stereocenters. The number of hydrogen-bond donors (Lipinski definition) is 3. The van der Waals surface area contributed by atoms with Gasteiger partial charge >= 0.3 is 39.5 Å². The second kappa shape index (κ2) is 78.0. The zero-order valence-electron chi connectivity index (χ0n) is 70.6. The molecule has 0 aromatic heterocycles. The predicted octanol–water partition coefficient (Wildman–Crippen LogP) is 26.9. The van der Waals surface area contributed by atoms with E-state index in [0.29, 0.717) is 25.7 Å². The molecule has 0 aliphatic carbocycles. The molecule has 0 spiro atoms. The van der Waals surface area contributed by atoms with Gasteiger partial charge in [-0.15, -0.1) is 0 Å². The third kappa shape index (κ3) is 81.9. The number of carbonyl (C=O) groups is 4. The molecule has 636 valence electrons. The Hall–Kier alpha value is -1.94. The molecule has 0 fully saturated rings. The second-order valence-electron chi connectivity index (χ2n) is 33.1. The summed E-state index contributed by atoms with van der Waals surface area (Å²) in [5.41, 5.74) is 0. The third-order valence-electron chi connectivity index (χ3n) is 20.6. The maximum atomic E-state index is 13.2. The van der Waals surface area contributed by atoms with Crippen molar-refractivity contribution in [1.29, 1.82) is 0 Å². The molecule has 0 bridgehead atoms. The van der Waals surface area contributed by atoms with E-state index in [1.165, 1.54) is 276 Å². The first-order valence-electron chi connectivity index (χ1n) is 45.3. The van der Waals surface area contributed by atoms with Crippen LogP contribution in [0.4, 0.5) is 0 Å². The van der Waals surface area contributed by atoms with E-state index in [9.17, 15) is 43.2 Å². The SMILES string of the molecule is CCCCCCCCCCCCCCCCCCCCCCC(=O)O[C@H](COC(=O)CCCCCCCCCCCCCCCCCCC(C)C)COP(=O)(O)OC[C@@H](O)COP(=O)(O)OC[C@@H](COC(=O)CCCCCCCCCCCC(C)C)OC(=O)CCCCCCCCCCCCCCCC(C)C. The zero-order valence-corrected chi connectivity index (χ0v) is 72.4. The number of ether oxygens (including phenoxy) is 4. The first-order chi connectivity index (χ1) is 51.7. The summed E-state index contributed by atoms with van der Waals surface area (Å²) in [6.07, 6.45) is 69.5. The molecule has 3 N–H and O–H groups in total. The molecule has 0 aliphatic heterocycles. The molecular formula is C88H172O17P2. The van der Waals surface area contributed by atoms with Gasteiger partial charge in [-0.3, -0.25) is 37.3 Å². The van der Waals surface area contributed by atoms with Gasteiger partial charge in [0.1, 0.15) is 19.3 Å². The van der Waals surface area contributed by atoms with Crippen molar-refractivity contribution in [3.05, 3.63) is 0 Å². The van der Waals surface area contributed by atoms with Crippen molar-refractivity contribution >= 4 is 39.5 Å². The van der Waals surface area contributed by atoms with Gasteiger partial charge in [0.2, 0.25) is 0 Å². The minimum absolute atomic E-state index is 0.107. The lowest BCUT2D eigenvalue weighted by molar-refractivity contribution is -0.161. The maximum Gasteiger partial charge on any atom is 0.472 e. The maximum absolute atomic E-state index is 13.2. The molecule has 0 aliphatic rings. The van der Waals surface area contributed by atoms with Gasteiger partial charge < -0.3 is 33.8 Å². The fourth-order valence-electron chi connectivity index (χ4n) is 13.7. The lowest BCUT2D eigenvalue weighted by atomic mass is 10.0. The van der Waals surface area contributed by atoms with Gasteiger partial charge in [-0.25, -0.2) is 9.13 Å². The molecule has 0 saturated carbocycles. The Kier molecular flexibility index (Phi) is 76.6. The van der Waals surface area contributed by atoms with E-state index in [4.69, 9.17) is 37.0 Å². The van der Waals surface area contributed by atoms with E-state index in [2.05, 4.69) is 48.5 Å². The summed E-state index contributed by atoms with van der Waals surface area (Å²) in [6, 6.07) is 0. The fourth-order valence-corrected chi connectivity index (χ4v) is 15.3. The summed E-state index contributed by atoms with van der Waals surface area (Å²) in [6.45, 7) is 12.0. The number of phosphoric acid groups is 2. The number of aliphatic hydroxyl groups is 1. The molecule has 0 radical (unpaired) electrons. The molecule has 107 heavy (non-hydrogen) atoms. The summed E-state index contributed by atoms with van der Waals surface area (Å²) < 4.78 is 69.0. The van der Waals surface area contributed by atoms with Crippen LogP contribution < -0.4 is 0 Å². The van der Waals surface area contributed by atoms with Gasteiger partial charge in [-0.05, 0) is 43.4 Å². The van der Waals surface area contributed by atoms with Crippen molar-refractivity contribution in [2.75, 3.05) is 39.6 Å². The van der Waals surface area contributed by atoms with Crippen LogP contribution in [0.25, 0.3) is 0 Å². The van der Waals surface area contributed by atoms with Gasteiger partial charge in [0, 0.05) is 25.7 Å². The number of phosphoric ester groups is 2. The number of esters is 4. The monoisotopic (exact) mass is 1560 g/mol. The standard InChI is InChI=1S/C88H172O17P2/c1-8-9-10-11-12-13-14-15-16-17-18-19-20-25-30-35-42-50-57-64-71-87(92)104-83(75-98-85(90)69-62-55-48-41-34-29-24-22-21-23-27-32-38-45-52-59-66-79(2)3)77-102-106(94,95)100-73-82(89)74-101-107(96,97)103-78-84(76-99-86(91)70-63-56-49-44-37-40-47-54-61-68-81(6)7)105-88(93)72-65-58-51-43-36-31-26-28-33-39-46-53-60-67-80(4)5/h79-84,89H,8-78H2,1-7H3,(H,94,95)(H,96,97)/t82-,83-,84-/m1/s1. The minimum atomic E-state index is -4.97. The van der Waals surface area contributed by atoms with E-state index in [0.717, 1.165) is 108 Å². The number of aliphatic hydroxyl groups excluding tert-OH is 1. The van der Waals surface area contributed by atoms with Crippen LogP contribution in [-0.4, -0.2) is 96.7 Å². The molecule has 19 heteroatoms. The van der Waals surface area contributed by atoms with Crippen LogP contribution in [0.5, 0.6) is 0 Å². The summed E-state index contributed by atoms with van der Waals surface area (Å²) in [5.74, 6) is 0.241. The Labute approximate surface area is 658 Å². The smallest absolute Gasteiger partial charge is 0.462 e. The van der Waals surface area contributed by atoms with E-state index >= 15 is 0 Å². The highest BCUT2D eigenvalue weighted by atomic mass is 31.2. The van der Waals surface area contributed by atoms with Gasteiger partial charge in [-0.2, -0.15) is 0 Å². The minimum Gasteiger partial charge on any atom is -0.462 e. The first-order valence-corrected chi connectivity index (χ1v) is 48.3. The average molecular weight is 1560 g/mol. The Bertz CT molecular complexity index is 2060. The molecule has 0 aromatic carbocycles. The Morgan fingerprint density at radius 2 is 0.430 bits per heavy atom. The number of hydrogen-bond acceptors (Lipinski definition) is 15. The number of rotatable bonds is 86. The highest BCUT2D eigenvalue weighted by molar-refractivity contribution is 7.47. The highest BCUT2D eigenvalue weighted by Crippen LogP contribution is 2.45.